The molecule has 0 saturated carbocycles. The average Bonchev–Trinajstić information content (AvgIpc) is 3.02. The van der Waals surface area contributed by atoms with Gasteiger partial charge in [-0.15, -0.1) is 0 Å². The molecule has 0 fully saturated rings. The summed E-state index contributed by atoms with van der Waals surface area (Å²) in [7, 11) is 0. The smallest absolute Gasteiger partial charge is 0.311 e. The predicted octanol–water partition coefficient (Wildman–Crippen LogP) is 4.28. The Morgan fingerprint density at radius 2 is 1.86 bits per heavy atom. The number of carbonyl (C=O) groups excluding carboxylic acids is 1. The number of aliphatic imine (C=N–C) groups is 1. The summed E-state index contributed by atoms with van der Waals surface area (Å²) in [6, 6.07) is 12.7. The predicted molar refractivity (Wildman–Crippen MR) is 135 cm³/mol. The molecule has 0 aliphatic carbocycles. The van der Waals surface area contributed by atoms with Crippen molar-refractivity contribution in [1.82, 2.24) is 4.90 Å². The van der Waals surface area contributed by atoms with Crippen molar-refractivity contribution in [1.29, 1.82) is 0 Å². The Balaban J connectivity index is 1.89. The number of carbonyl (C=O) groups is 2. The van der Waals surface area contributed by atoms with Crippen LogP contribution in [0.25, 0.3) is 17.2 Å². The molecule has 186 valence electrons. The van der Waals surface area contributed by atoms with Gasteiger partial charge in [-0.05, 0) is 48.1 Å². The van der Waals surface area contributed by atoms with Crippen LogP contribution in [0.4, 0.5) is 10.1 Å². The minimum Gasteiger partial charge on any atom is -0.481 e. The molecule has 0 saturated heterocycles. The van der Waals surface area contributed by atoms with Gasteiger partial charge in [-0.3, -0.25) is 14.0 Å². The zero-order valence-electron chi connectivity index (χ0n) is 19.9. The van der Waals surface area contributed by atoms with Crippen LogP contribution < -0.4 is 5.73 Å². The maximum atomic E-state index is 13.2. The van der Waals surface area contributed by atoms with E-state index in [-0.39, 0.29) is 25.4 Å². The second-order valence-corrected chi connectivity index (χ2v) is 8.58. The van der Waals surface area contributed by atoms with Crippen molar-refractivity contribution in [2.45, 2.75) is 38.5 Å². The number of carboxylic acid groups (broad SMARTS) is 1. The quantitative estimate of drug-likeness (QED) is 0.443. The fourth-order valence-electron chi connectivity index (χ4n) is 4.21. The van der Waals surface area contributed by atoms with Gasteiger partial charge >= 0.3 is 5.97 Å². The summed E-state index contributed by atoms with van der Waals surface area (Å²) in [6.45, 7) is 2.41. The van der Waals surface area contributed by atoms with Crippen molar-refractivity contribution in [2.24, 2.45) is 10.7 Å². The summed E-state index contributed by atoms with van der Waals surface area (Å²) >= 11 is 0. The maximum Gasteiger partial charge on any atom is 0.311 e. The number of alkyl halides is 1. The SMILES string of the molecule is CCCN(CCCO)C(=O)C1=Cc2ccc(-c3ccc(C(CCF)C(=O)O)cc3)cc2N=C(N)C1. The molecule has 8 heteroatoms. The van der Waals surface area contributed by atoms with Gasteiger partial charge in [0.1, 0.15) is 5.84 Å². The standard InChI is InChI=1S/C27H32FN3O4/c1-2-12-31(13-3-14-32)26(33)22-15-21-9-8-20(16-24(21)30-25(29)17-22)18-4-6-19(7-5-18)23(10-11-28)27(34)35/h4-9,15-16,23,32H,2-3,10-14,17H2,1H3,(H2,29,30)(H,34,35). The Morgan fingerprint density at radius 1 is 1.14 bits per heavy atom. The van der Waals surface area contributed by atoms with E-state index in [0.717, 1.165) is 23.1 Å². The van der Waals surface area contributed by atoms with E-state index in [1.165, 1.54) is 0 Å². The first-order valence-electron chi connectivity index (χ1n) is 11.8. The minimum atomic E-state index is -1.05. The van der Waals surface area contributed by atoms with Crippen LogP contribution in [-0.2, 0) is 9.59 Å². The summed E-state index contributed by atoms with van der Waals surface area (Å²) in [4.78, 5) is 30.9. The summed E-state index contributed by atoms with van der Waals surface area (Å²) in [6.07, 6.45) is 3.33. The molecule has 7 nitrogen and oxygen atoms in total. The van der Waals surface area contributed by atoms with Crippen LogP contribution in [0.3, 0.4) is 0 Å². The number of aliphatic hydroxyl groups is 1. The Morgan fingerprint density at radius 3 is 2.49 bits per heavy atom. The summed E-state index contributed by atoms with van der Waals surface area (Å²) in [5.74, 6) is -1.69. The number of benzene rings is 2. The van der Waals surface area contributed by atoms with Crippen molar-refractivity contribution in [3.05, 3.63) is 59.2 Å². The lowest BCUT2D eigenvalue weighted by atomic mass is 9.93. The maximum absolute atomic E-state index is 13.2. The van der Waals surface area contributed by atoms with Crippen LogP contribution in [0.15, 0.2) is 53.0 Å². The van der Waals surface area contributed by atoms with E-state index in [9.17, 15) is 24.2 Å². The largest absolute Gasteiger partial charge is 0.481 e. The lowest BCUT2D eigenvalue weighted by molar-refractivity contribution is -0.139. The number of halogens is 1. The van der Waals surface area contributed by atoms with Crippen molar-refractivity contribution < 1.29 is 24.2 Å². The Kier molecular flexibility index (Phi) is 9.14. The Hall–Kier alpha value is -3.52. The van der Waals surface area contributed by atoms with E-state index in [0.29, 0.717) is 42.2 Å². The molecular weight excluding hydrogens is 449 g/mol. The fraction of sp³-hybridized carbons (Fsp3) is 0.370. The normalized spacial score (nSPS) is 13.8. The molecule has 1 atom stereocenters. The van der Waals surface area contributed by atoms with Crippen LogP contribution >= 0.6 is 0 Å². The number of nitrogens with zero attached hydrogens (tertiary/aromatic N) is 2. The average molecular weight is 482 g/mol. The highest BCUT2D eigenvalue weighted by Crippen LogP contribution is 2.33. The van der Waals surface area contributed by atoms with E-state index in [2.05, 4.69) is 4.99 Å². The van der Waals surface area contributed by atoms with Gasteiger partial charge in [-0.2, -0.15) is 0 Å². The molecule has 0 radical (unpaired) electrons. The molecule has 0 aromatic heterocycles. The molecule has 2 aromatic carbocycles. The van der Waals surface area contributed by atoms with Gasteiger partial charge in [0, 0.05) is 37.3 Å². The molecule has 4 N–H and O–H groups in total. The number of amidine groups is 1. The number of nitrogens with two attached hydrogens (primary N) is 1. The molecule has 3 rings (SSSR count). The van der Waals surface area contributed by atoms with Crippen LogP contribution in [0.2, 0.25) is 0 Å². The second-order valence-electron chi connectivity index (χ2n) is 8.58. The number of fused-ring (bicyclic) bond motifs is 1. The summed E-state index contributed by atoms with van der Waals surface area (Å²) < 4.78 is 12.7. The first-order valence-corrected chi connectivity index (χ1v) is 11.8. The molecular formula is C27H32FN3O4. The molecule has 0 bridgehead atoms. The Labute approximate surface area is 204 Å². The number of carboxylic acids is 1. The highest BCUT2D eigenvalue weighted by molar-refractivity contribution is 6.05. The zero-order valence-corrected chi connectivity index (χ0v) is 19.9. The highest BCUT2D eigenvalue weighted by Gasteiger charge is 2.22. The van der Waals surface area contributed by atoms with E-state index < -0.39 is 18.6 Å². The number of amides is 1. The van der Waals surface area contributed by atoms with Crippen LogP contribution in [-0.4, -0.2) is 59.2 Å². The van der Waals surface area contributed by atoms with E-state index in [4.69, 9.17) is 5.73 Å². The monoisotopic (exact) mass is 481 g/mol. The van der Waals surface area contributed by atoms with Gasteiger partial charge in [-0.25, -0.2) is 4.99 Å². The minimum absolute atomic E-state index is 0.0234. The van der Waals surface area contributed by atoms with E-state index in [1.54, 1.807) is 17.0 Å². The number of aliphatic carboxylic acids is 1. The molecule has 1 unspecified atom stereocenters. The van der Waals surface area contributed by atoms with Crippen LogP contribution in [0, 0.1) is 0 Å². The van der Waals surface area contributed by atoms with Crippen molar-refractivity contribution >= 4 is 29.5 Å². The topological polar surface area (TPSA) is 116 Å². The Bertz CT molecular complexity index is 1110. The molecule has 2 aromatic rings. The molecule has 1 heterocycles. The molecule has 1 amide bonds. The highest BCUT2D eigenvalue weighted by atomic mass is 19.1. The van der Waals surface area contributed by atoms with Gasteiger partial charge in [0.05, 0.1) is 18.3 Å². The van der Waals surface area contributed by atoms with Gasteiger partial charge in [-0.1, -0.05) is 43.3 Å². The second kappa shape index (κ2) is 12.3. The summed E-state index contributed by atoms with van der Waals surface area (Å²) in [5, 5.41) is 18.5. The zero-order chi connectivity index (χ0) is 25.4. The third kappa shape index (κ3) is 6.54. The van der Waals surface area contributed by atoms with Gasteiger partial charge < -0.3 is 20.8 Å². The summed E-state index contributed by atoms with van der Waals surface area (Å²) in [5.41, 5.74) is 10.4. The number of aliphatic hydroxyl groups excluding tert-OH is 1. The lowest BCUT2D eigenvalue weighted by Gasteiger charge is -2.23. The lowest BCUT2D eigenvalue weighted by Crippen LogP contribution is -2.35. The molecule has 1 aliphatic rings. The van der Waals surface area contributed by atoms with Crippen LogP contribution in [0.5, 0.6) is 0 Å². The van der Waals surface area contributed by atoms with E-state index >= 15 is 0 Å². The first-order chi connectivity index (χ1) is 16.9. The van der Waals surface area contributed by atoms with Crippen molar-refractivity contribution in [3.8, 4) is 11.1 Å². The molecule has 35 heavy (non-hydrogen) atoms. The third-order valence-corrected chi connectivity index (χ3v) is 5.98. The number of hydrogen-bond acceptors (Lipinski definition) is 5. The van der Waals surface area contributed by atoms with Crippen molar-refractivity contribution in [3.63, 3.8) is 0 Å². The van der Waals surface area contributed by atoms with Gasteiger partial charge in [0.2, 0.25) is 5.91 Å². The fourth-order valence-corrected chi connectivity index (χ4v) is 4.21. The van der Waals surface area contributed by atoms with Crippen molar-refractivity contribution in [2.75, 3.05) is 26.4 Å². The van der Waals surface area contributed by atoms with Gasteiger partial charge in [0.25, 0.3) is 0 Å². The van der Waals surface area contributed by atoms with Gasteiger partial charge in [0.15, 0.2) is 0 Å². The van der Waals surface area contributed by atoms with Crippen LogP contribution in [0.1, 0.15) is 49.7 Å². The first kappa shape index (κ1) is 26.1. The number of hydrogen-bond donors (Lipinski definition) is 3. The molecule has 0 spiro atoms. The third-order valence-electron chi connectivity index (χ3n) is 5.98. The number of rotatable bonds is 11. The van der Waals surface area contributed by atoms with E-state index in [1.807, 2.05) is 43.3 Å². The molecule has 1 aliphatic heterocycles.